The normalized spacial score (nSPS) is 31.0. The topological polar surface area (TPSA) is 12.0 Å². The molecule has 0 amide bonds. The van der Waals surface area contributed by atoms with Gasteiger partial charge in [0.05, 0.1) is 0 Å². The first kappa shape index (κ1) is 8.79. The van der Waals surface area contributed by atoms with Gasteiger partial charge in [-0.1, -0.05) is 26.0 Å². The third-order valence-electron chi connectivity index (χ3n) is 2.40. The highest BCUT2D eigenvalue weighted by molar-refractivity contribution is 4.95. The maximum absolute atomic E-state index is 3.52. The Kier molecular flexibility index (Phi) is 2.72. The second-order valence-electron chi connectivity index (χ2n) is 4.22. The van der Waals surface area contributed by atoms with Crippen molar-refractivity contribution in [2.45, 2.75) is 39.7 Å². The average molecular weight is 153 g/mol. The van der Waals surface area contributed by atoms with Crippen LogP contribution in [0.4, 0.5) is 0 Å². The second-order valence-corrected chi connectivity index (χ2v) is 4.22. The van der Waals surface area contributed by atoms with Crippen LogP contribution in [-0.4, -0.2) is 12.6 Å². The van der Waals surface area contributed by atoms with E-state index in [2.05, 4.69) is 38.2 Å². The molecule has 0 radical (unpaired) electrons. The Morgan fingerprint density at radius 2 is 2.18 bits per heavy atom. The summed E-state index contributed by atoms with van der Waals surface area (Å²) < 4.78 is 0. The van der Waals surface area contributed by atoms with Crippen LogP contribution < -0.4 is 5.32 Å². The van der Waals surface area contributed by atoms with Gasteiger partial charge in [0.1, 0.15) is 0 Å². The van der Waals surface area contributed by atoms with Crippen molar-refractivity contribution in [1.82, 2.24) is 5.32 Å². The van der Waals surface area contributed by atoms with E-state index >= 15 is 0 Å². The van der Waals surface area contributed by atoms with Crippen molar-refractivity contribution in [2.75, 3.05) is 6.54 Å². The van der Waals surface area contributed by atoms with Crippen LogP contribution in [0.3, 0.4) is 0 Å². The fraction of sp³-hybridized carbons (Fsp3) is 0.800. The number of hydrogen-bond donors (Lipinski definition) is 1. The van der Waals surface area contributed by atoms with Crippen molar-refractivity contribution < 1.29 is 0 Å². The molecule has 0 saturated carbocycles. The minimum Gasteiger partial charge on any atom is -0.310 e. The van der Waals surface area contributed by atoms with Crippen LogP contribution in [0.1, 0.15) is 33.6 Å². The molecule has 1 heteroatoms. The fourth-order valence-electron chi connectivity index (χ4n) is 1.54. The van der Waals surface area contributed by atoms with Crippen molar-refractivity contribution in [3.8, 4) is 0 Å². The standard InChI is InChI=1S/C10H19N/c1-4-5-9-6-7-10(2,3)8-11-9/h4-5,9,11H,6-8H2,1-3H3/b5-4+. The molecule has 0 aromatic rings. The maximum atomic E-state index is 3.52. The number of piperidine rings is 1. The van der Waals surface area contributed by atoms with E-state index < -0.39 is 0 Å². The van der Waals surface area contributed by atoms with Crippen LogP contribution in [-0.2, 0) is 0 Å². The van der Waals surface area contributed by atoms with E-state index in [1.807, 2.05) is 0 Å². The molecule has 0 aromatic heterocycles. The van der Waals surface area contributed by atoms with Crippen molar-refractivity contribution >= 4 is 0 Å². The molecule has 1 saturated heterocycles. The van der Waals surface area contributed by atoms with Crippen LogP contribution in [0.2, 0.25) is 0 Å². The first-order valence-electron chi connectivity index (χ1n) is 4.50. The van der Waals surface area contributed by atoms with Gasteiger partial charge in [-0.25, -0.2) is 0 Å². The molecule has 1 nitrogen and oxygen atoms in total. The lowest BCUT2D eigenvalue weighted by atomic mass is 9.82. The molecule has 11 heavy (non-hydrogen) atoms. The average Bonchev–Trinajstić information content (AvgIpc) is 1.94. The van der Waals surface area contributed by atoms with E-state index in [1.54, 1.807) is 0 Å². The lowest BCUT2D eigenvalue weighted by Gasteiger charge is -2.34. The molecule has 1 aliphatic rings. The van der Waals surface area contributed by atoms with E-state index in [9.17, 15) is 0 Å². The van der Waals surface area contributed by atoms with E-state index in [1.165, 1.54) is 12.8 Å². The molecule has 0 aliphatic carbocycles. The van der Waals surface area contributed by atoms with E-state index in [0.29, 0.717) is 11.5 Å². The molecule has 64 valence electrons. The van der Waals surface area contributed by atoms with E-state index in [0.717, 1.165) is 6.54 Å². The zero-order chi connectivity index (χ0) is 8.32. The Bertz CT molecular complexity index is 137. The number of hydrogen-bond acceptors (Lipinski definition) is 1. The van der Waals surface area contributed by atoms with Gasteiger partial charge in [-0.2, -0.15) is 0 Å². The summed E-state index contributed by atoms with van der Waals surface area (Å²) in [7, 11) is 0. The zero-order valence-electron chi connectivity index (χ0n) is 7.85. The van der Waals surface area contributed by atoms with Crippen LogP contribution >= 0.6 is 0 Å². The minimum atomic E-state index is 0.512. The molecule has 1 unspecified atom stereocenters. The summed E-state index contributed by atoms with van der Waals surface area (Å²) in [6.07, 6.45) is 7.03. The van der Waals surface area contributed by atoms with Crippen molar-refractivity contribution in [3.05, 3.63) is 12.2 Å². The summed E-state index contributed by atoms with van der Waals surface area (Å²) in [4.78, 5) is 0. The van der Waals surface area contributed by atoms with Crippen LogP contribution in [0.25, 0.3) is 0 Å². The molecule has 1 N–H and O–H groups in total. The Morgan fingerprint density at radius 3 is 2.64 bits per heavy atom. The van der Waals surface area contributed by atoms with Crippen molar-refractivity contribution in [2.24, 2.45) is 5.41 Å². The summed E-state index contributed by atoms with van der Waals surface area (Å²) in [6.45, 7) is 7.89. The maximum Gasteiger partial charge on any atom is 0.0250 e. The van der Waals surface area contributed by atoms with Gasteiger partial charge < -0.3 is 5.32 Å². The molecule has 0 aromatic carbocycles. The third-order valence-corrected chi connectivity index (χ3v) is 2.40. The Morgan fingerprint density at radius 1 is 1.45 bits per heavy atom. The smallest absolute Gasteiger partial charge is 0.0250 e. The number of nitrogens with one attached hydrogen (secondary N) is 1. The van der Waals surface area contributed by atoms with Gasteiger partial charge in [0.25, 0.3) is 0 Å². The van der Waals surface area contributed by atoms with Gasteiger partial charge in [0, 0.05) is 12.6 Å². The fourth-order valence-corrected chi connectivity index (χ4v) is 1.54. The van der Waals surface area contributed by atoms with Gasteiger partial charge >= 0.3 is 0 Å². The predicted octanol–water partition coefficient (Wildman–Crippen LogP) is 2.34. The van der Waals surface area contributed by atoms with Crippen LogP contribution in [0, 0.1) is 5.41 Å². The van der Waals surface area contributed by atoms with Crippen LogP contribution in [0.15, 0.2) is 12.2 Å². The third kappa shape index (κ3) is 2.66. The summed E-state index contributed by atoms with van der Waals surface area (Å²) >= 11 is 0. The molecular weight excluding hydrogens is 134 g/mol. The summed E-state index contributed by atoms with van der Waals surface area (Å²) in [5.41, 5.74) is 0.512. The quantitative estimate of drug-likeness (QED) is 0.570. The zero-order valence-corrected chi connectivity index (χ0v) is 7.85. The SMILES string of the molecule is C/C=C/C1CCC(C)(C)CN1. The lowest BCUT2D eigenvalue weighted by Crippen LogP contribution is -2.41. The van der Waals surface area contributed by atoms with Crippen molar-refractivity contribution in [3.63, 3.8) is 0 Å². The summed E-state index contributed by atoms with van der Waals surface area (Å²) in [5, 5.41) is 3.52. The number of rotatable bonds is 1. The van der Waals surface area contributed by atoms with Gasteiger partial charge in [0.2, 0.25) is 0 Å². The predicted molar refractivity (Wildman–Crippen MR) is 49.6 cm³/mol. The van der Waals surface area contributed by atoms with Gasteiger partial charge in [-0.05, 0) is 25.2 Å². The molecule has 0 bridgehead atoms. The Hall–Kier alpha value is -0.300. The molecule has 1 atom stereocenters. The van der Waals surface area contributed by atoms with E-state index in [-0.39, 0.29) is 0 Å². The second kappa shape index (κ2) is 3.40. The molecule has 1 rings (SSSR count). The monoisotopic (exact) mass is 153 g/mol. The van der Waals surface area contributed by atoms with Crippen LogP contribution in [0.5, 0.6) is 0 Å². The lowest BCUT2D eigenvalue weighted by molar-refractivity contribution is 0.241. The molecule has 0 spiro atoms. The van der Waals surface area contributed by atoms with E-state index in [4.69, 9.17) is 0 Å². The largest absolute Gasteiger partial charge is 0.310 e. The highest BCUT2D eigenvalue weighted by atomic mass is 14.9. The Labute approximate surface area is 69.9 Å². The van der Waals surface area contributed by atoms with Gasteiger partial charge in [0.15, 0.2) is 0 Å². The summed E-state index contributed by atoms with van der Waals surface area (Å²) in [6, 6.07) is 0.632. The number of allylic oxidation sites excluding steroid dienone is 1. The molecule has 1 aliphatic heterocycles. The van der Waals surface area contributed by atoms with Gasteiger partial charge in [-0.15, -0.1) is 0 Å². The highest BCUT2D eigenvalue weighted by Gasteiger charge is 2.24. The minimum absolute atomic E-state index is 0.512. The molecular formula is C10H19N. The molecule has 1 fully saturated rings. The first-order chi connectivity index (χ1) is 5.14. The van der Waals surface area contributed by atoms with Crippen molar-refractivity contribution in [1.29, 1.82) is 0 Å². The highest BCUT2D eigenvalue weighted by Crippen LogP contribution is 2.26. The first-order valence-corrected chi connectivity index (χ1v) is 4.50. The Balaban J connectivity index is 2.36. The summed E-state index contributed by atoms with van der Waals surface area (Å²) in [5.74, 6) is 0. The molecule has 1 heterocycles. The van der Waals surface area contributed by atoms with Gasteiger partial charge in [-0.3, -0.25) is 0 Å².